The molecule has 0 aromatic heterocycles. The van der Waals surface area contributed by atoms with Gasteiger partial charge in [0.25, 0.3) is 0 Å². The van der Waals surface area contributed by atoms with Crippen LogP contribution < -0.4 is 0 Å². The highest BCUT2D eigenvalue weighted by Crippen LogP contribution is 2.67. The van der Waals surface area contributed by atoms with Gasteiger partial charge in [0.2, 0.25) is 0 Å². The van der Waals surface area contributed by atoms with Crippen LogP contribution in [0, 0.1) is 34.5 Å². The molecule has 0 spiro atoms. The predicted molar refractivity (Wildman–Crippen MR) is 105 cm³/mol. The molecule has 0 aromatic rings. The van der Waals surface area contributed by atoms with Crippen molar-refractivity contribution in [3.05, 3.63) is 23.3 Å². The summed E-state index contributed by atoms with van der Waals surface area (Å²) in [5.41, 5.74) is 3.58. The van der Waals surface area contributed by atoms with Crippen LogP contribution in [0.1, 0.15) is 79.1 Å². The van der Waals surface area contributed by atoms with Crippen LogP contribution in [0.3, 0.4) is 0 Å². The van der Waals surface area contributed by atoms with Gasteiger partial charge in [0.15, 0.2) is 5.78 Å². The number of carbonyl (C=O) groups is 2. The Labute approximate surface area is 158 Å². The van der Waals surface area contributed by atoms with Gasteiger partial charge in [-0.15, -0.1) is 0 Å². The zero-order chi connectivity index (χ0) is 18.9. The molecule has 0 unspecified atom stereocenters. The fourth-order valence-corrected chi connectivity index (χ4v) is 7.73. The minimum absolute atomic E-state index is 0.0704. The quantitative estimate of drug-likeness (QED) is 0.640. The molecule has 0 amide bonds. The first-order chi connectivity index (χ1) is 12.3. The van der Waals surface area contributed by atoms with Crippen molar-refractivity contribution in [1.29, 1.82) is 0 Å². The van der Waals surface area contributed by atoms with Crippen LogP contribution in [-0.4, -0.2) is 11.6 Å². The predicted octanol–water partition coefficient (Wildman–Crippen LogP) is 5.67. The summed E-state index contributed by atoms with van der Waals surface area (Å²) in [6, 6.07) is 0. The van der Waals surface area contributed by atoms with Gasteiger partial charge in [0.05, 0.1) is 0 Å². The van der Waals surface area contributed by atoms with Gasteiger partial charge < -0.3 is 0 Å². The number of hydrogen-bond donors (Lipinski definition) is 0. The van der Waals surface area contributed by atoms with Crippen molar-refractivity contribution in [3.8, 4) is 0 Å². The van der Waals surface area contributed by atoms with Crippen LogP contribution in [0.4, 0.5) is 0 Å². The normalized spacial score (nSPS) is 45.5. The first kappa shape index (κ1) is 18.2. The van der Waals surface area contributed by atoms with Crippen molar-refractivity contribution in [2.45, 2.75) is 79.1 Å². The fourth-order valence-electron chi connectivity index (χ4n) is 7.73. The van der Waals surface area contributed by atoms with E-state index in [1.165, 1.54) is 11.1 Å². The minimum Gasteiger partial charge on any atom is -0.299 e. The summed E-state index contributed by atoms with van der Waals surface area (Å²) in [7, 11) is 0. The zero-order valence-corrected chi connectivity index (χ0v) is 17.0. The topological polar surface area (TPSA) is 34.1 Å². The van der Waals surface area contributed by atoms with Crippen molar-refractivity contribution in [2.24, 2.45) is 34.5 Å². The summed E-state index contributed by atoms with van der Waals surface area (Å²) in [6.07, 6.45) is 7.60. The summed E-state index contributed by atoms with van der Waals surface area (Å²) in [6.45, 7) is 13.5. The lowest BCUT2D eigenvalue weighted by atomic mass is 9.43. The lowest BCUT2D eigenvalue weighted by Gasteiger charge is -2.60. The molecule has 2 nitrogen and oxygen atoms in total. The monoisotopic (exact) mass is 354 g/mol. The van der Waals surface area contributed by atoms with Gasteiger partial charge in [-0.1, -0.05) is 46.3 Å². The molecule has 0 saturated heterocycles. The Hall–Kier alpha value is -1.18. The van der Waals surface area contributed by atoms with Crippen LogP contribution >= 0.6 is 0 Å². The van der Waals surface area contributed by atoms with E-state index in [4.69, 9.17) is 0 Å². The molecule has 0 aliphatic heterocycles. The van der Waals surface area contributed by atoms with E-state index in [1.807, 2.05) is 0 Å². The first-order valence-corrected chi connectivity index (χ1v) is 10.8. The highest BCUT2D eigenvalue weighted by molar-refractivity contribution is 5.98. The van der Waals surface area contributed by atoms with Crippen LogP contribution in [0.2, 0.25) is 0 Å². The van der Waals surface area contributed by atoms with E-state index in [-0.39, 0.29) is 10.8 Å². The second-order valence-corrected chi connectivity index (χ2v) is 9.82. The molecule has 2 heteroatoms. The maximum atomic E-state index is 12.8. The smallest absolute Gasteiger partial charge is 0.159 e. The number of fused-ring (bicyclic) bond motifs is 5. The van der Waals surface area contributed by atoms with Crippen LogP contribution in [0.15, 0.2) is 23.3 Å². The Morgan fingerprint density at radius 1 is 1.08 bits per heavy atom. The molecule has 0 bridgehead atoms. The van der Waals surface area contributed by atoms with E-state index < -0.39 is 0 Å². The van der Waals surface area contributed by atoms with E-state index in [1.54, 1.807) is 0 Å². The zero-order valence-electron chi connectivity index (χ0n) is 17.0. The second-order valence-electron chi connectivity index (χ2n) is 9.82. The molecular formula is C24H34O2. The molecule has 4 aliphatic carbocycles. The maximum absolute atomic E-state index is 12.8. The summed E-state index contributed by atoms with van der Waals surface area (Å²) >= 11 is 0. The van der Waals surface area contributed by atoms with Crippen LogP contribution in [-0.2, 0) is 9.59 Å². The molecule has 4 rings (SSSR count). The molecule has 142 valence electrons. The largest absolute Gasteiger partial charge is 0.299 e. The molecular weight excluding hydrogens is 320 g/mol. The van der Waals surface area contributed by atoms with E-state index in [0.29, 0.717) is 41.7 Å². The molecule has 3 fully saturated rings. The number of rotatable bonds is 2. The summed E-state index contributed by atoms with van der Waals surface area (Å²) < 4.78 is 0. The van der Waals surface area contributed by atoms with Crippen molar-refractivity contribution in [2.75, 3.05) is 0 Å². The molecule has 0 radical (unpaired) electrons. The molecule has 0 heterocycles. The van der Waals surface area contributed by atoms with Crippen LogP contribution in [0.25, 0.3) is 0 Å². The average molecular weight is 355 g/mol. The van der Waals surface area contributed by atoms with Gasteiger partial charge >= 0.3 is 0 Å². The third-order valence-electron chi connectivity index (χ3n) is 9.06. The summed E-state index contributed by atoms with van der Waals surface area (Å²) in [5, 5.41) is 0. The molecule has 26 heavy (non-hydrogen) atoms. The second kappa shape index (κ2) is 5.91. The Balaban J connectivity index is 1.85. The number of carbonyl (C=O) groups excluding carboxylic acids is 2. The number of hydrogen-bond acceptors (Lipinski definition) is 2. The van der Waals surface area contributed by atoms with Crippen LogP contribution in [0.5, 0.6) is 0 Å². The molecule has 0 aromatic carbocycles. The first-order valence-electron chi connectivity index (χ1n) is 10.8. The Kier molecular flexibility index (Phi) is 4.13. The standard InChI is InChI=1S/C24H34O2/c1-6-15-13-20(25)16(7-2)22-14(3)12-17-18-8-9-21(26)23(18,4)11-10-19(17)24(15,22)5/h15,17-19H,3,6-13H2,1-2,4-5H3/t15-,17+,18+,19+,23+,24-/m1/s1. The van der Waals surface area contributed by atoms with E-state index in [0.717, 1.165) is 50.5 Å². The van der Waals surface area contributed by atoms with E-state index >= 15 is 0 Å². The van der Waals surface area contributed by atoms with Gasteiger partial charge in [-0.05, 0) is 72.3 Å². The molecule has 3 saturated carbocycles. The summed E-state index contributed by atoms with van der Waals surface area (Å²) in [4.78, 5) is 25.5. The van der Waals surface area contributed by atoms with Crippen molar-refractivity contribution < 1.29 is 9.59 Å². The number of allylic oxidation sites excluding steroid dienone is 2. The molecule has 4 aliphatic rings. The van der Waals surface area contributed by atoms with Gasteiger partial charge in [0.1, 0.15) is 5.78 Å². The van der Waals surface area contributed by atoms with Gasteiger partial charge in [0, 0.05) is 18.3 Å². The van der Waals surface area contributed by atoms with Crippen molar-refractivity contribution in [3.63, 3.8) is 0 Å². The Morgan fingerprint density at radius 2 is 1.81 bits per heavy atom. The van der Waals surface area contributed by atoms with Gasteiger partial charge in [-0.2, -0.15) is 0 Å². The molecule has 6 atom stereocenters. The van der Waals surface area contributed by atoms with E-state index in [9.17, 15) is 9.59 Å². The molecule has 0 N–H and O–H groups in total. The maximum Gasteiger partial charge on any atom is 0.159 e. The highest BCUT2D eigenvalue weighted by atomic mass is 16.1. The Morgan fingerprint density at radius 3 is 2.46 bits per heavy atom. The minimum atomic E-state index is -0.0984. The van der Waals surface area contributed by atoms with Crippen molar-refractivity contribution in [1.82, 2.24) is 0 Å². The fraction of sp³-hybridized carbons (Fsp3) is 0.750. The highest BCUT2D eigenvalue weighted by Gasteiger charge is 2.61. The Bertz CT molecular complexity index is 714. The number of Topliss-reactive ketones (excluding diaryl/α,β-unsaturated/α-hetero) is 2. The van der Waals surface area contributed by atoms with Gasteiger partial charge in [-0.25, -0.2) is 0 Å². The number of ketones is 2. The van der Waals surface area contributed by atoms with E-state index in [2.05, 4.69) is 34.3 Å². The third kappa shape index (κ3) is 2.11. The lowest BCUT2D eigenvalue weighted by molar-refractivity contribution is -0.133. The lowest BCUT2D eigenvalue weighted by Crippen LogP contribution is -2.54. The van der Waals surface area contributed by atoms with Gasteiger partial charge in [-0.3, -0.25) is 9.59 Å². The third-order valence-corrected chi connectivity index (χ3v) is 9.06. The SMILES string of the molecule is C=C1C[C@@H]2[C@H](CC[C@]3(C)C(=O)CC[C@@H]23)[C@]2(C)C1=C(CC)C(=O)C[C@H]2CC. The van der Waals surface area contributed by atoms with Crippen molar-refractivity contribution >= 4 is 11.6 Å². The summed E-state index contributed by atoms with van der Waals surface area (Å²) in [5.74, 6) is 2.98. The average Bonchev–Trinajstić information content (AvgIpc) is 2.91.